The number of hydrogen-bond acceptors (Lipinski definition) is 7. The Morgan fingerprint density at radius 3 is 2.65 bits per heavy atom. The van der Waals surface area contributed by atoms with Gasteiger partial charge >= 0.3 is 0 Å². The number of pyridine rings is 3. The highest BCUT2D eigenvalue weighted by Gasteiger charge is 2.16. The van der Waals surface area contributed by atoms with Crippen molar-refractivity contribution in [2.45, 2.75) is 33.5 Å². The van der Waals surface area contributed by atoms with Crippen LogP contribution in [0.15, 0.2) is 76.3 Å². The molecular formula is C28H27ClN6O2. The summed E-state index contributed by atoms with van der Waals surface area (Å²) < 4.78 is 7.85. The van der Waals surface area contributed by atoms with Gasteiger partial charge in [-0.3, -0.25) is 14.8 Å². The van der Waals surface area contributed by atoms with E-state index in [1.54, 1.807) is 34.1 Å². The van der Waals surface area contributed by atoms with Crippen LogP contribution in [0.25, 0.3) is 10.9 Å². The molecule has 0 atom stereocenters. The molecule has 0 spiro atoms. The Morgan fingerprint density at radius 1 is 1.14 bits per heavy atom. The van der Waals surface area contributed by atoms with Gasteiger partial charge in [-0.1, -0.05) is 36.4 Å². The third kappa shape index (κ3) is 5.44. The number of aromatic nitrogens is 3. The third-order valence-corrected chi connectivity index (χ3v) is 6.17. The van der Waals surface area contributed by atoms with E-state index >= 15 is 0 Å². The van der Waals surface area contributed by atoms with Gasteiger partial charge in [-0.05, 0) is 44.8 Å². The van der Waals surface area contributed by atoms with Gasteiger partial charge in [0.05, 0.1) is 29.5 Å². The number of para-hydroxylation sites is 1. The van der Waals surface area contributed by atoms with Crippen molar-refractivity contribution in [3.63, 3.8) is 0 Å². The van der Waals surface area contributed by atoms with Crippen molar-refractivity contribution in [2.24, 2.45) is 10.1 Å². The zero-order valence-electron chi connectivity index (χ0n) is 20.8. The van der Waals surface area contributed by atoms with Crippen molar-refractivity contribution in [1.29, 1.82) is 0 Å². The fraction of sp³-hybridized carbons (Fsp3) is 0.179. The Balaban J connectivity index is 1.72. The van der Waals surface area contributed by atoms with Gasteiger partial charge in [0, 0.05) is 47.0 Å². The Bertz CT molecular complexity index is 1550. The van der Waals surface area contributed by atoms with Crippen LogP contribution in [0.2, 0.25) is 5.02 Å². The van der Waals surface area contributed by atoms with E-state index < -0.39 is 0 Å². The summed E-state index contributed by atoms with van der Waals surface area (Å²) in [5.74, 6) is 0.578. The van der Waals surface area contributed by atoms with Crippen molar-refractivity contribution < 1.29 is 4.74 Å². The van der Waals surface area contributed by atoms with E-state index in [1.807, 2.05) is 44.2 Å². The number of fused-ring (bicyclic) bond motifs is 1. The molecule has 0 amide bonds. The number of anilines is 1. The Hall–Kier alpha value is -4.30. The maximum Gasteiger partial charge on any atom is 0.255 e. The normalized spacial score (nSPS) is 10.8. The molecule has 0 N–H and O–H groups in total. The van der Waals surface area contributed by atoms with E-state index in [2.05, 4.69) is 35.1 Å². The molecule has 0 saturated carbocycles. The maximum atomic E-state index is 12.9. The molecule has 3 aromatic heterocycles. The average molecular weight is 515 g/mol. The lowest BCUT2D eigenvalue weighted by molar-refractivity contribution is 0.307. The van der Waals surface area contributed by atoms with Gasteiger partial charge in [0.1, 0.15) is 17.9 Å². The SMILES string of the molecule is C=CN(N=C)c1cc(C)nc2c(OCc3c(Cl)cc(C)nc3Cn3cccc(CN=C)c3=O)cccc12. The van der Waals surface area contributed by atoms with Crippen molar-refractivity contribution in [3.8, 4) is 5.75 Å². The van der Waals surface area contributed by atoms with Gasteiger partial charge in [-0.15, -0.1) is 0 Å². The molecule has 3 heterocycles. The summed E-state index contributed by atoms with van der Waals surface area (Å²) in [6, 6.07) is 12.9. The second-order valence-electron chi connectivity index (χ2n) is 8.41. The van der Waals surface area contributed by atoms with E-state index in [0.717, 1.165) is 22.5 Å². The van der Waals surface area contributed by atoms with E-state index in [0.29, 0.717) is 33.1 Å². The summed E-state index contributed by atoms with van der Waals surface area (Å²) in [6.45, 7) is 15.3. The molecule has 0 aliphatic carbocycles. The quantitative estimate of drug-likeness (QED) is 0.207. The average Bonchev–Trinajstić information content (AvgIpc) is 2.87. The molecule has 37 heavy (non-hydrogen) atoms. The molecule has 0 aliphatic rings. The van der Waals surface area contributed by atoms with E-state index in [4.69, 9.17) is 21.3 Å². The largest absolute Gasteiger partial charge is 0.486 e. The molecule has 0 bridgehead atoms. The van der Waals surface area contributed by atoms with Gasteiger partial charge in [0.15, 0.2) is 0 Å². The maximum absolute atomic E-state index is 12.9. The van der Waals surface area contributed by atoms with Gasteiger partial charge in [-0.2, -0.15) is 5.10 Å². The Morgan fingerprint density at radius 2 is 1.92 bits per heavy atom. The molecule has 0 fully saturated rings. The number of hydrogen-bond donors (Lipinski definition) is 0. The van der Waals surface area contributed by atoms with Crippen molar-refractivity contribution >= 4 is 41.6 Å². The minimum Gasteiger partial charge on any atom is -0.486 e. The molecule has 1 aromatic carbocycles. The second-order valence-corrected chi connectivity index (χ2v) is 8.82. The summed E-state index contributed by atoms with van der Waals surface area (Å²) in [5.41, 5.74) is 4.75. The number of aryl methyl sites for hydroxylation is 2. The fourth-order valence-electron chi connectivity index (χ4n) is 4.13. The lowest BCUT2D eigenvalue weighted by Gasteiger charge is -2.18. The van der Waals surface area contributed by atoms with Crippen LogP contribution in [0.5, 0.6) is 5.75 Å². The van der Waals surface area contributed by atoms with Crippen LogP contribution >= 0.6 is 11.6 Å². The summed E-state index contributed by atoms with van der Waals surface area (Å²) in [7, 11) is 0. The standard InChI is InChI=1S/C28H27ClN6O2/c1-6-35(31-5)25-14-19(3)33-27-21(25)10-7-11-26(27)37-17-22-23(29)13-18(2)32-24(22)16-34-12-8-9-20(15-30-4)28(34)36/h6-14H,1,4-5,15-17H2,2-3H3. The van der Waals surface area contributed by atoms with Crippen LogP contribution in [-0.2, 0) is 19.7 Å². The first-order valence-electron chi connectivity index (χ1n) is 11.5. The van der Waals surface area contributed by atoms with Gasteiger partial charge in [0.2, 0.25) is 0 Å². The highest BCUT2D eigenvalue weighted by Crippen LogP contribution is 2.33. The molecule has 8 nitrogen and oxygen atoms in total. The highest BCUT2D eigenvalue weighted by atomic mass is 35.5. The second kappa shape index (κ2) is 11.2. The number of halogens is 1. The van der Waals surface area contributed by atoms with Crippen LogP contribution in [0.4, 0.5) is 5.69 Å². The van der Waals surface area contributed by atoms with Gasteiger partial charge < -0.3 is 9.30 Å². The smallest absolute Gasteiger partial charge is 0.255 e. The Labute approximate surface area is 220 Å². The van der Waals surface area contributed by atoms with E-state index in [-0.39, 0.29) is 25.3 Å². The summed E-state index contributed by atoms with van der Waals surface area (Å²) >= 11 is 6.65. The summed E-state index contributed by atoms with van der Waals surface area (Å²) in [6.07, 6.45) is 3.30. The van der Waals surface area contributed by atoms with E-state index in [9.17, 15) is 4.79 Å². The molecular weight excluding hydrogens is 488 g/mol. The van der Waals surface area contributed by atoms with Crippen molar-refractivity contribution in [1.82, 2.24) is 14.5 Å². The summed E-state index contributed by atoms with van der Waals surface area (Å²) in [4.78, 5) is 26.1. The molecule has 4 rings (SSSR count). The van der Waals surface area contributed by atoms with Crippen LogP contribution in [-0.4, -0.2) is 28.0 Å². The molecule has 9 heteroatoms. The first-order valence-corrected chi connectivity index (χ1v) is 11.9. The first kappa shape index (κ1) is 25.8. The Kier molecular flexibility index (Phi) is 7.79. The molecule has 0 unspecified atom stereocenters. The van der Waals surface area contributed by atoms with Gasteiger partial charge in [-0.25, -0.2) is 9.99 Å². The van der Waals surface area contributed by atoms with Crippen LogP contribution in [0.3, 0.4) is 0 Å². The van der Waals surface area contributed by atoms with Crippen molar-refractivity contribution in [2.75, 3.05) is 5.01 Å². The topological polar surface area (TPSA) is 85.0 Å². The fourth-order valence-corrected chi connectivity index (χ4v) is 4.46. The molecule has 0 aliphatic heterocycles. The molecule has 0 saturated heterocycles. The number of rotatable bonds is 10. The number of aliphatic imine (C=N–C) groups is 1. The monoisotopic (exact) mass is 514 g/mol. The predicted molar refractivity (Wildman–Crippen MR) is 150 cm³/mol. The van der Waals surface area contributed by atoms with Gasteiger partial charge in [0.25, 0.3) is 5.56 Å². The number of benzene rings is 1. The zero-order chi connectivity index (χ0) is 26.5. The zero-order valence-corrected chi connectivity index (χ0v) is 21.6. The van der Waals surface area contributed by atoms with Crippen LogP contribution in [0.1, 0.15) is 28.2 Å². The lowest BCUT2D eigenvalue weighted by atomic mass is 10.1. The summed E-state index contributed by atoms with van der Waals surface area (Å²) in [5, 5.41) is 6.96. The third-order valence-electron chi connectivity index (χ3n) is 5.84. The lowest BCUT2D eigenvalue weighted by Crippen LogP contribution is -2.24. The van der Waals surface area contributed by atoms with Crippen LogP contribution < -0.4 is 15.3 Å². The highest BCUT2D eigenvalue weighted by molar-refractivity contribution is 6.31. The molecule has 0 radical (unpaired) electrons. The van der Waals surface area contributed by atoms with Crippen molar-refractivity contribution in [3.05, 3.63) is 105 Å². The first-order chi connectivity index (χ1) is 17.9. The molecule has 4 aromatic rings. The predicted octanol–water partition coefficient (Wildman–Crippen LogP) is 5.46. The number of nitrogens with zero attached hydrogens (tertiary/aromatic N) is 6. The molecule has 188 valence electrons. The number of hydrazone groups is 1. The minimum absolute atomic E-state index is 0.138. The minimum atomic E-state index is -0.148. The number of ether oxygens (including phenoxy) is 1. The van der Waals surface area contributed by atoms with Crippen LogP contribution in [0, 0.1) is 13.8 Å². The van der Waals surface area contributed by atoms with E-state index in [1.165, 1.54) is 0 Å².